The van der Waals surface area contributed by atoms with Crippen LogP contribution in [0.15, 0.2) is 36.7 Å². The lowest BCUT2D eigenvalue weighted by atomic mass is 10.2. The number of ether oxygens (including phenoxy) is 2. The lowest BCUT2D eigenvalue weighted by molar-refractivity contribution is 0.317. The van der Waals surface area contributed by atoms with Gasteiger partial charge < -0.3 is 14.8 Å². The molecule has 0 radical (unpaired) electrons. The highest BCUT2D eigenvalue weighted by Crippen LogP contribution is 2.31. The fourth-order valence-electron chi connectivity index (χ4n) is 1.86. The molecule has 1 aliphatic rings. The van der Waals surface area contributed by atoms with E-state index in [1.807, 2.05) is 35.1 Å². The maximum absolute atomic E-state index is 5.77. The number of para-hydroxylation sites is 2. The minimum Gasteiger partial charge on any atom is -0.493 e. The van der Waals surface area contributed by atoms with Gasteiger partial charge in [-0.1, -0.05) is 12.1 Å². The van der Waals surface area contributed by atoms with E-state index in [0.29, 0.717) is 11.8 Å². The summed E-state index contributed by atoms with van der Waals surface area (Å²) in [6.07, 6.45) is 3.64. The molecule has 3 rings (SSSR count). The molecule has 1 N–H and O–H groups in total. The first-order valence-electron chi connectivity index (χ1n) is 5.92. The standard InChI is InChI=1S/C13H15N3O2/c1-17-12-4-2-3-5-13(12)18-11-8-15-16(9-11)10-6-14-7-10/h2-5,8-10,14H,6-7H2,1H3. The maximum Gasteiger partial charge on any atom is 0.169 e. The van der Waals surface area contributed by atoms with E-state index >= 15 is 0 Å². The number of rotatable bonds is 4. The zero-order chi connectivity index (χ0) is 12.4. The van der Waals surface area contributed by atoms with Crippen LogP contribution in [-0.2, 0) is 0 Å². The number of hydrogen-bond donors (Lipinski definition) is 1. The molecule has 2 aromatic rings. The molecular formula is C13H15N3O2. The molecule has 1 aromatic carbocycles. The summed E-state index contributed by atoms with van der Waals surface area (Å²) in [5.74, 6) is 2.15. The molecule has 0 amide bonds. The van der Waals surface area contributed by atoms with Crippen LogP contribution < -0.4 is 14.8 Å². The van der Waals surface area contributed by atoms with Crippen molar-refractivity contribution in [1.82, 2.24) is 15.1 Å². The minimum absolute atomic E-state index is 0.444. The predicted octanol–water partition coefficient (Wildman–Crippen LogP) is 1.83. The summed E-state index contributed by atoms with van der Waals surface area (Å²) in [6.45, 7) is 1.94. The summed E-state index contributed by atoms with van der Waals surface area (Å²) in [7, 11) is 1.63. The molecule has 2 heterocycles. The average molecular weight is 245 g/mol. The van der Waals surface area contributed by atoms with E-state index in [1.54, 1.807) is 13.3 Å². The molecule has 0 unspecified atom stereocenters. The number of aromatic nitrogens is 2. The van der Waals surface area contributed by atoms with Crippen LogP contribution in [0.4, 0.5) is 0 Å². The Morgan fingerprint density at radius 3 is 2.72 bits per heavy atom. The highest BCUT2D eigenvalue weighted by Gasteiger charge is 2.19. The number of methoxy groups -OCH3 is 1. The van der Waals surface area contributed by atoms with Crippen LogP contribution in [0.25, 0.3) is 0 Å². The van der Waals surface area contributed by atoms with Crippen molar-refractivity contribution in [3.8, 4) is 17.2 Å². The zero-order valence-electron chi connectivity index (χ0n) is 10.2. The Labute approximate surface area is 105 Å². The van der Waals surface area contributed by atoms with Crippen LogP contribution >= 0.6 is 0 Å². The van der Waals surface area contributed by atoms with E-state index in [-0.39, 0.29) is 0 Å². The molecule has 1 aliphatic heterocycles. The Hall–Kier alpha value is -2.01. The summed E-state index contributed by atoms with van der Waals surface area (Å²) < 4.78 is 12.9. The van der Waals surface area contributed by atoms with Crippen molar-refractivity contribution < 1.29 is 9.47 Å². The number of nitrogens with one attached hydrogen (secondary N) is 1. The largest absolute Gasteiger partial charge is 0.493 e. The lowest BCUT2D eigenvalue weighted by Gasteiger charge is -2.26. The van der Waals surface area contributed by atoms with E-state index in [0.717, 1.165) is 24.6 Å². The van der Waals surface area contributed by atoms with Crippen LogP contribution in [0.5, 0.6) is 17.2 Å². The number of nitrogens with zero attached hydrogens (tertiary/aromatic N) is 2. The Bertz CT molecular complexity index is 535. The van der Waals surface area contributed by atoms with Gasteiger partial charge >= 0.3 is 0 Å². The van der Waals surface area contributed by atoms with E-state index in [1.165, 1.54) is 0 Å². The molecule has 1 saturated heterocycles. The molecule has 1 aromatic heterocycles. The van der Waals surface area contributed by atoms with Gasteiger partial charge in [0.25, 0.3) is 0 Å². The van der Waals surface area contributed by atoms with E-state index in [2.05, 4.69) is 10.4 Å². The fraction of sp³-hybridized carbons (Fsp3) is 0.308. The monoisotopic (exact) mass is 245 g/mol. The molecule has 5 heteroatoms. The van der Waals surface area contributed by atoms with Crippen molar-refractivity contribution in [3.63, 3.8) is 0 Å². The minimum atomic E-state index is 0.444. The third-order valence-corrected chi connectivity index (χ3v) is 3.01. The van der Waals surface area contributed by atoms with Crippen molar-refractivity contribution in [1.29, 1.82) is 0 Å². The zero-order valence-corrected chi connectivity index (χ0v) is 10.2. The van der Waals surface area contributed by atoms with Gasteiger partial charge in [0.15, 0.2) is 17.2 Å². The Morgan fingerprint density at radius 2 is 2.06 bits per heavy atom. The highest BCUT2D eigenvalue weighted by molar-refractivity contribution is 5.41. The van der Waals surface area contributed by atoms with Crippen molar-refractivity contribution in [2.45, 2.75) is 6.04 Å². The van der Waals surface area contributed by atoms with Gasteiger partial charge in [-0.25, -0.2) is 0 Å². The molecule has 18 heavy (non-hydrogen) atoms. The first kappa shape index (κ1) is 11.1. The second-order valence-corrected chi connectivity index (χ2v) is 4.22. The molecule has 0 spiro atoms. The number of benzene rings is 1. The van der Waals surface area contributed by atoms with Crippen LogP contribution in [-0.4, -0.2) is 30.0 Å². The first-order chi connectivity index (χ1) is 8.86. The lowest BCUT2D eigenvalue weighted by Crippen LogP contribution is -2.43. The van der Waals surface area contributed by atoms with Gasteiger partial charge in [0.1, 0.15) is 0 Å². The van der Waals surface area contributed by atoms with Crippen LogP contribution in [0.2, 0.25) is 0 Å². The van der Waals surface area contributed by atoms with Crippen molar-refractivity contribution in [3.05, 3.63) is 36.7 Å². The van der Waals surface area contributed by atoms with E-state index in [4.69, 9.17) is 9.47 Å². The van der Waals surface area contributed by atoms with Gasteiger partial charge in [0.2, 0.25) is 0 Å². The topological polar surface area (TPSA) is 48.3 Å². The van der Waals surface area contributed by atoms with Gasteiger partial charge in [-0.3, -0.25) is 4.68 Å². The van der Waals surface area contributed by atoms with Crippen LogP contribution in [0.1, 0.15) is 6.04 Å². The van der Waals surface area contributed by atoms with E-state index in [9.17, 15) is 0 Å². The quantitative estimate of drug-likeness (QED) is 0.892. The SMILES string of the molecule is COc1ccccc1Oc1cnn(C2CNC2)c1. The summed E-state index contributed by atoms with van der Waals surface area (Å²) >= 11 is 0. The third-order valence-electron chi connectivity index (χ3n) is 3.01. The smallest absolute Gasteiger partial charge is 0.169 e. The van der Waals surface area contributed by atoms with Crippen molar-refractivity contribution in [2.24, 2.45) is 0 Å². The summed E-state index contributed by atoms with van der Waals surface area (Å²) in [5.41, 5.74) is 0. The molecule has 1 fully saturated rings. The summed E-state index contributed by atoms with van der Waals surface area (Å²) in [6, 6.07) is 8.02. The normalized spacial score (nSPS) is 15.2. The van der Waals surface area contributed by atoms with Crippen LogP contribution in [0.3, 0.4) is 0 Å². The van der Waals surface area contributed by atoms with Gasteiger partial charge in [-0.05, 0) is 12.1 Å². The Morgan fingerprint density at radius 1 is 1.28 bits per heavy atom. The van der Waals surface area contributed by atoms with Gasteiger partial charge in [-0.2, -0.15) is 5.10 Å². The van der Waals surface area contributed by atoms with Crippen molar-refractivity contribution in [2.75, 3.05) is 20.2 Å². The van der Waals surface area contributed by atoms with Gasteiger partial charge in [0.05, 0.1) is 25.5 Å². The molecule has 94 valence electrons. The molecule has 0 aliphatic carbocycles. The van der Waals surface area contributed by atoms with E-state index < -0.39 is 0 Å². The Kier molecular flexibility index (Phi) is 2.90. The first-order valence-corrected chi connectivity index (χ1v) is 5.92. The molecule has 0 saturated carbocycles. The molecule has 0 atom stereocenters. The molecular weight excluding hydrogens is 230 g/mol. The summed E-state index contributed by atoms with van der Waals surface area (Å²) in [4.78, 5) is 0. The Balaban J connectivity index is 1.77. The van der Waals surface area contributed by atoms with Gasteiger partial charge in [-0.15, -0.1) is 0 Å². The van der Waals surface area contributed by atoms with Crippen molar-refractivity contribution >= 4 is 0 Å². The summed E-state index contributed by atoms with van der Waals surface area (Å²) in [5, 5.41) is 7.52. The maximum atomic E-state index is 5.77. The predicted molar refractivity (Wildman–Crippen MR) is 67.2 cm³/mol. The molecule has 0 bridgehead atoms. The number of hydrogen-bond acceptors (Lipinski definition) is 4. The third kappa shape index (κ3) is 2.04. The highest BCUT2D eigenvalue weighted by atomic mass is 16.5. The average Bonchev–Trinajstić information content (AvgIpc) is 2.76. The second-order valence-electron chi connectivity index (χ2n) is 4.22. The fourth-order valence-corrected chi connectivity index (χ4v) is 1.86. The van der Waals surface area contributed by atoms with Gasteiger partial charge in [0, 0.05) is 13.1 Å². The second kappa shape index (κ2) is 4.70. The molecule has 5 nitrogen and oxygen atoms in total. The van der Waals surface area contributed by atoms with Crippen LogP contribution in [0, 0.1) is 0 Å².